The van der Waals surface area contributed by atoms with E-state index in [1.165, 1.54) is 6.21 Å². The zero-order valence-corrected chi connectivity index (χ0v) is 10.7. The fourth-order valence-electron chi connectivity index (χ4n) is 0.811. The summed E-state index contributed by atoms with van der Waals surface area (Å²) in [5.41, 5.74) is 6.12. The van der Waals surface area contributed by atoms with Crippen LogP contribution in [0.2, 0.25) is 0 Å². The molecule has 0 unspecified atom stereocenters. The smallest absolute Gasteiger partial charge is 0.294 e. The summed E-state index contributed by atoms with van der Waals surface area (Å²) in [5, 5.41) is 10.9. The van der Waals surface area contributed by atoms with Crippen LogP contribution in [0.4, 0.5) is 0 Å². The molecule has 0 amide bonds. The second-order valence-corrected chi connectivity index (χ2v) is 4.09. The molecular weight excluding hydrogens is 218 g/mol. The highest BCUT2D eigenvalue weighted by molar-refractivity contribution is 5.75. The molecule has 0 aliphatic heterocycles. The van der Waals surface area contributed by atoms with Gasteiger partial charge in [-0.3, -0.25) is 9.47 Å². The molecule has 6 heteroatoms. The van der Waals surface area contributed by atoms with E-state index >= 15 is 0 Å². The Bertz CT molecular complexity index is 367. The summed E-state index contributed by atoms with van der Waals surface area (Å²) in [7, 11) is 7.62. The van der Waals surface area contributed by atoms with Crippen molar-refractivity contribution in [3.05, 3.63) is 30.1 Å². The van der Waals surface area contributed by atoms with Gasteiger partial charge in [-0.1, -0.05) is 11.2 Å². The molecule has 0 saturated carbocycles. The normalized spacial score (nSPS) is 12.1. The molecule has 3 N–H and O–H groups in total. The Hall–Kier alpha value is -1.95. The zero-order valence-electron chi connectivity index (χ0n) is 10.7. The Morgan fingerprint density at radius 1 is 1.41 bits per heavy atom. The maximum Gasteiger partial charge on any atom is 0.294 e. The van der Waals surface area contributed by atoms with E-state index < -0.39 is 0 Å². The van der Waals surface area contributed by atoms with Gasteiger partial charge in [0.25, 0.3) is 5.96 Å². The summed E-state index contributed by atoms with van der Waals surface area (Å²) in [6.45, 7) is 0. The van der Waals surface area contributed by atoms with E-state index in [1.807, 2.05) is 27.2 Å². The van der Waals surface area contributed by atoms with Crippen molar-refractivity contribution in [1.82, 2.24) is 4.98 Å². The van der Waals surface area contributed by atoms with E-state index in [9.17, 15) is 0 Å². The molecule has 17 heavy (non-hydrogen) atoms. The topological polar surface area (TPSA) is 83.9 Å². The predicted octanol–water partition coefficient (Wildman–Crippen LogP) is 0.527. The van der Waals surface area contributed by atoms with Crippen LogP contribution in [0.1, 0.15) is 5.69 Å². The number of aliphatic imine (C=N–C) groups is 1. The minimum atomic E-state index is 0.608. The van der Waals surface area contributed by atoms with Crippen molar-refractivity contribution in [2.24, 2.45) is 15.9 Å². The lowest BCUT2D eigenvalue weighted by Gasteiger charge is -2.20. The van der Waals surface area contributed by atoms with E-state index in [2.05, 4.69) is 15.1 Å². The fourth-order valence-corrected chi connectivity index (χ4v) is 0.811. The second kappa shape index (κ2) is 7.34. The van der Waals surface area contributed by atoms with Gasteiger partial charge in [0.05, 0.1) is 33.1 Å². The van der Waals surface area contributed by atoms with Crippen LogP contribution in [-0.2, 0) is 0 Å². The van der Waals surface area contributed by atoms with Gasteiger partial charge in [-0.15, -0.1) is 0 Å². The molecule has 0 aliphatic carbocycles. The Labute approximate surface area is 102 Å². The number of hydrogen-bond donors (Lipinski definition) is 2. The third-order valence-corrected chi connectivity index (χ3v) is 1.79. The number of quaternary nitrogens is 1. The molecule has 0 radical (unpaired) electrons. The van der Waals surface area contributed by atoms with Gasteiger partial charge >= 0.3 is 0 Å². The molecule has 1 aromatic heterocycles. The van der Waals surface area contributed by atoms with Gasteiger partial charge in [-0.25, -0.2) is 4.99 Å². The molecule has 0 aromatic carbocycles. The minimum Gasteiger partial charge on any atom is -0.411 e. The van der Waals surface area contributed by atoms with Crippen LogP contribution in [0.5, 0.6) is 0 Å². The number of nitrogens with two attached hydrogens (primary N) is 1. The maximum atomic E-state index is 8.05. The van der Waals surface area contributed by atoms with E-state index in [4.69, 9.17) is 10.9 Å². The lowest BCUT2D eigenvalue weighted by molar-refractivity contribution is -0.778. The van der Waals surface area contributed by atoms with Crippen molar-refractivity contribution in [2.45, 2.75) is 0 Å². The number of hydrogen-bond acceptors (Lipinski definition) is 4. The second-order valence-electron chi connectivity index (χ2n) is 4.09. The average molecular weight is 238 g/mol. The number of oxime groups is 1. The first kappa shape index (κ1) is 15.0. The van der Waals surface area contributed by atoms with Crippen molar-refractivity contribution < 1.29 is 9.69 Å². The largest absolute Gasteiger partial charge is 0.411 e. The number of pyridine rings is 1. The molecule has 1 rings (SSSR count). The summed E-state index contributed by atoms with van der Waals surface area (Å²) in [5.74, 6) is 0.644. The zero-order chi connectivity index (χ0) is 13.3. The summed E-state index contributed by atoms with van der Waals surface area (Å²) < 4.78 is 0.608. The summed E-state index contributed by atoms with van der Waals surface area (Å²) in [6.07, 6.45) is 2.91. The third-order valence-electron chi connectivity index (χ3n) is 1.79. The van der Waals surface area contributed by atoms with Crippen molar-refractivity contribution in [3.8, 4) is 0 Å². The standard InChI is InChI=1S/C6H6N2O.C5H14N3/c9-8-5-6-3-1-2-4-7-6;1-7-5(6)8(2,3)4/h1-5,9H;1-4H3,(H2,6,7)/q;+1/b8-5-;. The summed E-state index contributed by atoms with van der Waals surface area (Å²) >= 11 is 0. The lowest BCUT2D eigenvalue weighted by atomic mass is 10.4. The third kappa shape index (κ3) is 7.02. The molecule has 0 bridgehead atoms. The van der Waals surface area contributed by atoms with Crippen molar-refractivity contribution in [1.29, 1.82) is 0 Å². The van der Waals surface area contributed by atoms with E-state index in [0.29, 0.717) is 16.1 Å². The summed E-state index contributed by atoms with van der Waals surface area (Å²) in [4.78, 5) is 7.69. The molecule has 1 heterocycles. The predicted molar refractivity (Wildman–Crippen MR) is 69.2 cm³/mol. The quantitative estimate of drug-likeness (QED) is 0.246. The van der Waals surface area contributed by atoms with Gasteiger partial charge in [0.1, 0.15) is 0 Å². The minimum absolute atomic E-state index is 0.608. The lowest BCUT2D eigenvalue weighted by Crippen LogP contribution is -2.46. The maximum absolute atomic E-state index is 8.05. The van der Waals surface area contributed by atoms with E-state index in [0.717, 1.165) is 0 Å². The Balaban J connectivity index is 0.000000304. The van der Waals surface area contributed by atoms with Crippen LogP contribution >= 0.6 is 0 Å². The molecule has 0 saturated heterocycles. The number of aromatic nitrogens is 1. The van der Waals surface area contributed by atoms with Gasteiger partial charge in [-0.2, -0.15) is 0 Å². The highest BCUT2D eigenvalue weighted by Crippen LogP contribution is 1.87. The molecule has 0 atom stereocenters. The van der Waals surface area contributed by atoms with Crippen molar-refractivity contribution in [2.75, 3.05) is 28.2 Å². The number of guanidine groups is 1. The molecule has 1 aromatic rings. The first-order valence-corrected chi connectivity index (χ1v) is 5.04. The monoisotopic (exact) mass is 238 g/mol. The summed E-state index contributed by atoms with van der Waals surface area (Å²) in [6, 6.07) is 5.37. The van der Waals surface area contributed by atoms with Crippen LogP contribution in [0.3, 0.4) is 0 Å². The SMILES string of the molecule is C/N=C(\N)[N+](C)(C)C.O/N=C\c1ccccn1. The van der Waals surface area contributed by atoms with Gasteiger partial charge in [0.2, 0.25) is 0 Å². The molecular formula is C11H20N5O+. The first-order chi connectivity index (χ1) is 7.91. The van der Waals surface area contributed by atoms with Gasteiger partial charge in [0.15, 0.2) is 0 Å². The number of nitrogens with zero attached hydrogens (tertiary/aromatic N) is 4. The molecule has 0 fully saturated rings. The van der Waals surface area contributed by atoms with Crippen LogP contribution in [0.25, 0.3) is 0 Å². The van der Waals surface area contributed by atoms with Crippen LogP contribution in [-0.4, -0.2) is 55.0 Å². The highest BCUT2D eigenvalue weighted by Gasteiger charge is 2.10. The molecule has 6 nitrogen and oxygen atoms in total. The van der Waals surface area contributed by atoms with E-state index in [1.54, 1.807) is 25.4 Å². The molecule has 94 valence electrons. The highest BCUT2D eigenvalue weighted by atomic mass is 16.4. The van der Waals surface area contributed by atoms with Crippen LogP contribution in [0.15, 0.2) is 34.5 Å². The first-order valence-electron chi connectivity index (χ1n) is 5.04. The van der Waals surface area contributed by atoms with Crippen molar-refractivity contribution >= 4 is 12.2 Å². The molecule has 0 spiro atoms. The average Bonchev–Trinajstić information content (AvgIpc) is 2.29. The van der Waals surface area contributed by atoms with Gasteiger partial charge in [0, 0.05) is 13.2 Å². The Kier molecular flexibility index (Phi) is 6.50. The van der Waals surface area contributed by atoms with Crippen LogP contribution in [0, 0.1) is 0 Å². The number of rotatable bonds is 1. The van der Waals surface area contributed by atoms with Crippen LogP contribution < -0.4 is 5.73 Å². The van der Waals surface area contributed by atoms with Gasteiger partial charge in [-0.05, 0) is 12.1 Å². The van der Waals surface area contributed by atoms with Crippen molar-refractivity contribution in [3.63, 3.8) is 0 Å². The van der Waals surface area contributed by atoms with E-state index in [-0.39, 0.29) is 0 Å². The molecule has 0 aliphatic rings. The van der Waals surface area contributed by atoms with Gasteiger partial charge < -0.3 is 10.9 Å². The Morgan fingerprint density at radius 2 is 2.06 bits per heavy atom. The Morgan fingerprint density at radius 3 is 2.35 bits per heavy atom. The fraction of sp³-hybridized carbons (Fsp3) is 0.364.